The van der Waals surface area contributed by atoms with Crippen LogP contribution < -0.4 is 5.73 Å². The molecule has 0 aromatic heterocycles. The summed E-state index contributed by atoms with van der Waals surface area (Å²) in [7, 11) is 2.28. The van der Waals surface area contributed by atoms with Crippen LogP contribution in [-0.4, -0.2) is 42.3 Å². The molecule has 0 aromatic carbocycles. The summed E-state index contributed by atoms with van der Waals surface area (Å²) in [5.74, 6) is 0.673. The SMILES string of the molecule is CN1C2(C)CCC(C(OCCCN)C2)C1(C)C. The van der Waals surface area contributed by atoms with Crippen molar-refractivity contribution in [2.75, 3.05) is 20.2 Å². The minimum Gasteiger partial charge on any atom is -0.378 e. The van der Waals surface area contributed by atoms with Gasteiger partial charge in [-0.25, -0.2) is 0 Å². The van der Waals surface area contributed by atoms with Gasteiger partial charge in [0.15, 0.2) is 0 Å². The number of fused-ring (bicyclic) bond motifs is 3. The standard InChI is InChI=1S/C14H28N2O/c1-13(2)11-6-7-14(3,16(13)4)10-12(11)17-9-5-8-15/h11-12H,5-10,15H2,1-4H3. The third-order valence-electron chi connectivity index (χ3n) is 5.35. The zero-order chi connectivity index (χ0) is 12.7. The summed E-state index contributed by atoms with van der Waals surface area (Å²) in [6.07, 6.45) is 5.22. The first-order valence-corrected chi connectivity index (χ1v) is 6.97. The van der Waals surface area contributed by atoms with E-state index in [0.717, 1.165) is 19.6 Å². The van der Waals surface area contributed by atoms with Gasteiger partial charge in [0.1, 0.15) is 0 Å². The molecule has 1 aliphatic carbocycles. The quantitative estimate of drug-likeness (QED) is 0.764. The van der Waals surface area contributed by atoms with Crippen molar-refractivity contribution in [2.45, 2.75) is 63.6 Å². The first-order valence-electron chi connectivity index (χ1n) is 6.97. The molecule has 2 saturated heterocycles. The molecule has 2 N–H and O–H groups in total. The largest absolute Gasteiger partial charge is 0.378 e. The number of hydrogen-bond acceptors (Lipinski definition) is 3. The van der Waals surface area contributed by atoms with Crippen molar-refractivity contribution in [3.05, 3.63) is 0 Å². The number of rotatable bonds is 4. The normalized spacial score (nSPS) is 40.8. The second-order valence-corrected chi connectivity index (χ2v) is 6.61. The zero-order valence-corrected chi connectivity index (χ0v) is 11.8. The monoisotopic (exact) mass is 240 g/mol. The van der Waals surface area contributed by atoms with E-state index < -0.39 is 0 Å². The van der Waals surface area contributed by atoms with Crippen LogP contribution in [0.2, 0.25) is 0 Å². The van der Waals surface area contributed by atoms with E-state index in [9.17, 15) is 0 Å². The van der Waals surface area contributed by atoms with E-state index in [-0.39, 0.29) is 5.54 Å². The van der Waals surface area contributed by atoms with Gasteiger partial charge in [-0.1, -0.05) is 0 Å². The predicted octanol–water partition coefficient (Wildman–Crippen LogP) is 2.00. The van der Waals surface area contributed by atoms with Crippen LogP contribution in [0.15, 0.2) is 0 Å². The van der Waals surface area contributed by atoms with Crippen molar-refractivity contribution < 1.29 is 4.74 Å². The third kappa shape index (κ3) is 2.13. The van der Waals surface area contributed by atoms with Crippen molar-refractivity contribution in [1.82, 2.24) is 4.90 Å². The first kappa shape index (κ1) is 13.3. The second-order valence-electron chi connectivity index (χ2n) is 6.61. The maximum Gasteiger partial charge on any atom is 0.0638 e. The molecule has 17 heavy (non-hydrogen) atoms. The molecule has 3 heteroatoms. The summed E-state index contributed by atoms with van der Waals surface area (Å²) < 4.78 is 6.10. The van der Waals surface area contributed by atoms with E-state index in [2.05, 4.69) is 32.7 Å². The summed E-state index contributed by atoms with van der Waals surface area (Å²) in [5, 5.41) is 0. The van der Waals surface area contributed by atoms with Crippen LogP contribution in [-0.2, 0) is 4.74 Å². The van der Waals surface area contributed by atoms with Crippen LogP contribution in [0.3, 0.4) is 0 Å². The molecular weight excluding hydrogens is 212 g/mol. The van der Waals surface area contributed by atoms with Crippen LogP contribution in [0.4, 0.5) is 0 Å². The Labute approximate surface area is 106 Å². The highest BCUT2D eigenvalue weighted by atomic mass is 16.5. The molecular formula is C14H28N2O. The van der Waals surface area contributed by atoms with Gasteiger partial charge in [0.25, 0.3) is 0 Å². The molecule has 3 nitrogen and oxygen atoms in total. The number of ether oxygens (including phenoxy) is 1. The molecule has 3 unspecified atom stereocenters. The summed E-state index contributed by atoms with van der Waals surface area (Å²) >= 11 is 0. The molecule has 3 atom stereocenters. The van der Waals surface area contributed by atoms with E-state index >= 15 is 0 Å². The average Bonchev–Trinajstić information content (AvgIpc) is 2.26. The Bertz CT molecular complexity index is 275. The molecule has 2 heterocycles. The maximum absolute atomic E-state index is 6.10. The Kier molecular flexibility index (Phi) is 3.54. The van der Waals surface area contributed by atoms with Crippen LogP contribution in [0.1, 0.15) is 46.5 Å². The van der Waals surface area contributed by atoms with Crippen molar-refractivity contribution in [1.29, 1.82) is 0 Å². The predicted molar refractivity (Wildman–Crippen MR) is 71.0 cm³/mol. The number of hydrogen-bond donors (Lipinski definition) is 1. The highest BCUT2D eigenvalue weighted by molar-refractivity contribution is 5.10. The topological polar surface area (TPSA) is 38.5 Å². The van der Waals surface area contributed by atoms with E-state index in [0.29, 0.717) is 17.6 Å². The summed E-state index contributed by atoms with van der Waals surface area (Å²) in [4.78, 5) is 2.58. The lowest BCUT2D eigenvalue weighted by molar-refractivity contribution is -0.177. The Morgan fingerprint density at radius 3 is 2.65 bits per heavy atom. The fraction of sp³-hybridized carbons (Fsp3) is 1.00. The first-order chi connectivity index (χ1) is 7.92. The van der Waals surface area contributed by atoms with Gasteiger partial charge in [-0.15, -0.1) is 0 Å². The summed E-state index contributed by atoms with van der Waals surface area (Å²) in [6, 6.07) is 0. The van der Waals surface area contributed by atoms with E-state index in [1.54, 1.807) is 0 Å². The van der Waals surface area contributed by atoms with Gasteiger partial charge in [-0.3, -0.25) is 4.90 Å². The third-order valence-corrected chi connectivity index (χ3v) is 5.35. The smallest absolute Gasteiger partial charge is 0.0638 e. The number of nitrogens with zero attached hydrogens (tertiary/aromatic N) is 1. The summed E-state index contributed by atoms with van der Waals surface area (Å²) in [6.45, 7) is 8.69. The van der Waals surface area contributed by atoms with Crippen molar-refractivity contribution >= 4 is 0 Å². The Morgan fingerprint density at radius 2 is 2.06 bits per heavy atom. The lowest BCUT2D eigenvalue weighted by Gasteiger charge is -2.63. The van der Waals surface area contributed by atoms with E-state index in [1.807, 2.05) is 0 Å². The fourth-order valence-corrected chi connectivity index (χ4v) is 3.88. The van der Waals surface area contributed by atoms with Gasteiger partial charge in [0, 0.05) is 23.6 Å². The van der Waals surface area contributed by atoms with Gasteiger partial charge >= 0.3 is 0 Å². The van der Waals surface area contributed by atoms with E-state index in [4.69, 9.17) is 10.5 Å². The molecule has 0 spiro atoms. The number of nitrogens with two attached hydrogens (primary N) is 1. The molecule has 0 amide bonds. The Balaban J connectivity index is 2.07. The Hall–Kier alpha value is -0.120. The lowest BCUT2D eigenvalue weighted by atomic mass is 9.61. The molecule has 100 valence electrons. The van der Waals surface area contributed by atoms with Gasteiger partial charge < -0.3 is 10.5 Å². The molecule has 3 rings (SSSR count). The molecule has 1 saturated carbocycles. The lowest BCUT2D eigenvalue weighted by Crippen LogP contribution is -2.70. The minimum atomic E-state index is 0.263. The average molecular weight is 240 g/mol. The fourth-order valence-electron chi connectivity index (χ4n) is 3.88. The molecule has 3 aliphatic rings. The highest BCUT2D eigenvalue weighted by Gasteiger charge is 2.56. The molecule has 2 bridgehead atoms. The van der Waals surface area contributed by atoms with E-state index in [1.165, 1.54) is 19.3 Å². The molecule has 0 aromatic rings. The van der Waals surface area contributed by atoms with Crippen LogP contribution >= 0.6 is 0 Å². The van der Waals surface area contributed by atoms with Crippen molar-refractivity contribution in [3.8, 4) is 0 Å². The number of piperidine rings is 2. The van der Waals surface area contributed by atoms with Gasteiger partial charge in [0.05, 0.1) is 6.10 Å². The van der Waals surface area contributed by atoms with Gasteiger partial charge in [-0.2, -0.15) is 0 Å². The van der Waals surface area contributed by atoms with Crippen LogP contribution in [0.25, 0.3) is 0 Å². The van der Waals surface area contributed by atoms with Gasteiger partial charge in [-0.05, 0) is 60.0 Å². The van der Waals surface area contributed by atoms with Crippen LogP contribution in [0.5, 0.6) is 0 Å². The molecule has 2 aliphatic heterocycles. The second kappa shape index (κ2) is 4.52. The molecule has 0 radical (unpaired) electrons. The van der Waals surface area contributed by atoms with Crippen molar-refractivity contribution in [3.63, 3.8) is 0 Å². The highest BCUT2D eigenvalue weighted by Crippen LogP contribution is 2.51. The van der Waals surface area contributed by atoms with Gasteiger partial charge in [0.2, 0.25) is 0 Å². The zero-order valence-electron chi connectivity index (χ0n) is 11.8. The summed E-state index contributed by atoms with van der Waals surface area (Å²) in [5.41, 5.74) is 6.12. The molecule has 3 fully saturated rings. The Morgan fingerprint density at radius 1 is 1.35 bits per heavy atom. The minimum absolute atomic E-state index is 0.263. The maximum atomic E-state index is 6.10. The van der Waals surface area contributed by atoms with Crippen molar-refractivity contribution in [2.24, 2.45) is 11.7 Å². The van der Waals surface area contributed by atoms with Crippen LogP contribution in [0, 0.1) is 5.92 Å².